The summed E-state index contributed by atoms with van der Waals surface area (Å²) in [6.07, 6.45) is 3.04. The van der Waals surface area contributed by atoms with Crippen LogP contribution < -0.4 is 11.1 Å². The first kappa shape index (κ1) is 14.6. The number of amides is 1. The van der Waals surface area contributed by atoms with Gasteiger partial charge in [-0.2, -0.15) is 0 Å². The number of aryl methyl sites for hydroxylation is 1. The van der Waals surface area contributed by atoms with Crippen LogP contribution >= 0.6 is 12.2 Å². The Balaban J connectivity index is 2.20. The Hall–Kier alpha value is -1.42. The van der Waals surface area contributed by atoms with E-state index < -0.39 is 0 Å². The lowest BCUT2D eigenvalue weighted by atomic mass is 10.1. The maximum Gasteiger partial charge on any atom is 0.224 e. The predicted octanol–water partition coefficient (Wildman–Crippen LogP) is 2.11. The summed E-state index contributed by atoms with van der Waals surface area (Å²) in [5.74, 6) is 0.0657. The molecule has 0 unspecified atom stereocenters. The Kier molecular flexibility index (Phi) is 6.36. The van der Waals surface area contributed by atoms with Crippen molar-refractivity contribution in [2.24, 2.45) is 5.73 Å². The average molecular weight is 264 g/mol. The van der Waals surface area contributed by atoms with Gasteiger partial charge in [0.25, 0.3) is 0 Å². The van der Waals surface area contributed by atoms with Crippen LogP contribution in [0.4, 0.5) is 0 Å². The van der Waals surface area contributed by atoms with Gasteiger partial charge in [-0.15, -0.1) is 0 Å². The lowest BCUT2D eigenvalue weighted by molar-refractivity contribution is -0.120. The number of hydrogen-bond donors (Lipinski definition) is 2. The minimum Gasteiger partial charge on any atom is -0.393 e. The lowest BCUT2D eigenvalue weighted by Crippen LogP contribution is -2.26. The van der Waals surface area contributed by atoms with E-state index in [2.05, 4.69) is 5.32 Å². The van der Waals surface area contributed by atoms with E-state index in [1.807, 2.05) is 31.2 Å². The van der Waals surface area contributed by atoms with E-state index >= 15 is 0 Å². The van der Waals surface area contributed by atoms with Crippen LogP contribution in [0.25, 0.3) is 0 Å². The Morgan fingerprint density at radius 1 is 1.39 bits per heavy atom. The Morgan fingerprint density at radius 3 is 2.83 bits per heavy atom. The third-order valence-electron chi connectivity index (χ3n) is 2.62. The van der Waals surface area contributed by atoms with Crippen LogP contribution in [-0.4, -0.2) is 17.4 Å². The number of rotatable bonds is 7. The van der Waals surface area contributed by atoms with E-state index in [0.29, 0.717) is 18.0 Å². The first-order valence-electron chi connectivity index (χ1n) is 6.18. The van der Waals surface area contributed by atoms with Crippen molar-refractivity contribution in [2.45, 2.75) is 32.6 Å². The summed E-state index contributed by atoms with van der Waals surface area (Å²) in [7, 11) is 0. The molecule has 18 heavy (non-hydrogen) atoms. The molecule has 0 saturated heterocycles. The highest BCUT2D eigenvalue weighted by atomic mass is 32.1. The van der Waals surface area contributed by atoms with Gasteiger partial charge in [0.15, 0.2) is 0 Å². The topological polar surface area (TPSA) is 55.1 Å². The smallest absolute Gasteiger partial charge is 0.224 e. The van der Waals surface area contributed by atoms with Gasteiger partial charge in [0, 0.05) is 6.54 Å². The second-order valence-electron chi connectivity index (χ2n) is 4.44. The highest BCUT2D eigenvalue weighted by Crippen LogP contribution is 2.04. The lowest BCUT2D eigenvalue weighted by Gasteiger charge is -2.05. The van der Waals surface area contributed by atoms with Crippen LogP contribution in [-0.2, 0) is 11.2 Å². The normalized spacial score (nSPS) is 10.1. The summed E-state index contributed by atoms with van der Waals surface area (Å²) in [5, 5.41) is 2.90. The maximum atomic E-state index is 11.7. The van der Waals surface area contributed by atoms with E-state index in [-0.39, 0.29) is 5.91 Å². The third-order valence-corrected chi connectivity index (χ3v) is 2.82. The number of nitrogens with one attached hydrogen (secondary N) is 1. The van der Waals surface area contributed by atoms with Crippen LogP contribution in [0.2, 0.25) is 0 Å². The van der Waals surface area contributed by atoms with Crippen molar-refractivity contribution in [3.8, 4) is 0 Å². The Bertz CT molecular complexity index is 418. The molecule has 0 atom stereocenters. The second-order valence-corrected chi connectivity index (χ2v) is 4.96. The van der Waals surface area contributed by atoms with Crippen LogP contribution in [0.5, 0.6) is 0 Å². The number of thiocarbonyl (C=S) groups is 1. The fourth-order valence-electron chi connectivity index (χ4n) is 1.72. The summed E-state index contributed by atoms with van der Waals surface area (Å²) < 4.78 is 0. The molecule has 0 aliphatic heterocycles. The first-order valence-corrected chi connectivity index (χ1v) is 6.59. The number of nitrogens with two attached hydrogens (primary N) is 1. The molecule has 3 N–H and O–H groups in total. The molecule has 0 saturated carbocycles. The van der Waals surface area contributed by atoms with Crippen molar-refractivity contribution in [1.29, 1.82) is 0 Å². The molecule has 0 spiro atoms. The van der Waals surface area contributed by atoms with E-state index in [4.69, 9.17) is 18.0 Å². The Morgan fingerprint density at radius 2 is 2.17 bits per heavy atom. The SMILES string of the molecule is Cc1cccc(CC(=O)NCCCCC(N)=S)c1. The van der Waals surface area contributed by atoms with E-state index in [0.717, 1.165) is 24.8 Å². The fourth-order valence-corrected chi connectivity index (χ4v) is 1.87. The summed E-state index contributed by atoms with van der Waals surface area (Å²) in [4.78, 5) is 12.2. The van der Waals surface area contributed by atoms with Crippen molar-refractivity contribution in [3.63, 3.8) is 0 Å². The summed E-state index contributed by atoms with van der Waals surface area (Å²) in [6.45, 7) is 2.71. The molecule has 1 aromatic carbocycles. The average Bonchev–Trinajstić information content (AvgIpc) is 2.28. The van der Waals surface area contributed by atoms with Crippen molar-refractivity contribution < 1.29 is 4.79 Å². The monoisotopic (exact) mass is 264 g/mol. The van der Waals surface area contributed by atoms with Crippen LogP contribution in [0.15, 0.2) is 24.3 Å². The highest BCUT2D eigenvalue weighted by molar-refractivity contribution is 7.80. The van der Waals surface area contributed by atoms with Gasteiger partial charge in [-0.25, -0.2) is 0 Å². The van der Waals surface area contributed by atoms with Gasteiger partial charge in [-0.3, -0.25) is 4.79 Å². The zero-order valence-corrected chi connectivity index (χ0v) is 11.6. The molecule has 3 nitrogen and oxygen atoms in total. The van der Waals surface area contributed by atoms with Gasteiger partial charge in [-0.1, -0.05) is 42.0 Å². The molecule has 1 amide bonds. The predicted molar refractivity (Wildman–Crippen MR) is 78.5 cm³/mol. The van der Waals surface area contributed by atoms with Gasteiger partial charge in [-0.05, 0) is 31.7 Å². The van der Waals surface area contributed by atoms with Gasteiger partial charge < -0.3 is 11.1 Å². The first-order chi connectivity index (χ1) is 8.58. The summed E-state index contributed by atoms with van der Waals surface area (Å²) in [5.41, 5.74) is 7.62. The standard InChI is InChI=1S/C14H20N2OS/c1-11-5-4-6-12(9-11)10-14(17)16-8-3-2-7-13(15)18/h4-6,9H,2-3,7-8,10H2,1H3,(H2,15,18)(H,16,17). The minimum atomic E-state index is 0.0657. The number of carbonyl (C=O) groups excluding carboxylic acids is 1. The molecule has 0 radical (unpaired) electrons. The molecule has 1 rings (SSSR count). The quantitative estimate of drug-likeness (QED) is 0.586. The molecule has 0 heterocycles. The molecule has 4 heteroatoms. The third kappa shape index (κ3) is 6.35. The minimum absolute atomic E-state index is 0.0657. The van der Waals surface area contributed by atoms with Crippen molar-refractivity contribution in [1.82, 2.24) is 5.32 Å². The van der Waals surface area contributed by atoms with Crippen LogP contribution in [0.3, 0.4) is 0 Å². The molecule has 98 valence electrons. The van der Waals surface area contributed by atoms with Gasteiger partial charge in [0.1, 0.15) is 0 Å². The zero-order chi connectivity index (χ0) is 13.4. The number of carbonyl (C=O) groups is 1. The molecule has 0 aliphatic carbocycles. The maximum absolute atomic E-state index is 11.7. The number of hydrogen-bond acceptors (Lipinski definition) is 2. The second kappa shape index (κ2) is 7.82. The molecular formula is C14H20N2OS. The molecule has 0 fully saturated rings. The van der Waals surface area contributed by atoms with E-state index in [1.165, 1.54) is 5.56 Å². The number of benzene rings is 1. The van der Waals surface area contributed by atoms with E-state index in [1.54, 1.807) is 0 Å². The molecule has 1 aromatic rings. The summed E-state index contributed by atoms with van der Waals surface area (Å²) >= 11 is 4.79. The zero-order valence-electron chi connectivity index (χ0n) is 10.7. The molecule has 0 bridgehead atoms. The van der Waals surface area contributed by atoms with Crippen LogP contribution in [0, 0.1) is 6.92 Å². The van der Waals surface area contributed by atoms with Gasteiger partial charge >= 0.3 is 0 Å². The van der Waals surface area contributed by atoms with Crippen molar-refractivity contribution in [2.75, 3.05) is 6.54 Å². The van der Waals surface area contributed by atoms with Crippen molar-refractivity contribution in [3.05, 3.63) is 35.4 Å². The van der Waals surface area contributed by atoms with Gasteiger partial charge in [0.2, 0.25) is 5.91 Å². The number of unbranched alkanes of at least 4 members (excludes halogenated alkanes) is 1. The Labute approximate surface area is 114 Å². The largest absolute Gasteiger partial charge is 0.393 e. The fraction of sp³-hybridized carbons (Fsp3) is 0.429. The molecular weight excluding hydrogens is 244 g/mol. The summed E-state index contributed by atoms with van der Waals surface area (Å²) in [6, 6.07) is 8.00. The van der Waals surface area contributed by atoms with Crippen molar-refractivity contribution >= 4 is 23.1 Å². The highest BCUT2D eigenvalue weighted by Gasteiger charge is 2.02. The molecule has 0 aliphatic rings. The van der Waals surface area contributed by atoms with Crippen LogP contribution in [0.1, 0.15) is 30.4 Å². The van der Waals surface area contributed by atoms with Gasteiger partial charge in [0.05, 0.1) is 11.4 Å². The van der Waals surface area contributed by atoms with E-state index in [9.17, 15) is 4.79 Å². The molecule has 0 aromatic heterocycles.